The van der Waals surface area contributed by atoms with Gasteiger partial charge in [-0.25, -0.2) is 0 Å². The number of aromatic nitrogens is 2. The molecule has 0 radical (unpaired) electrons. The highest BCUT2D eigenvalue weighted by molar-refractivity contribution is 6.09. The molecule has 0 bridgehead atoms. The van der Waals surface area contributed by atoms with Crippen LogP contribution in [-0.2, 0) is 0 Å². The number of para-hydroxylation sites is 3. The minimum Gasteiger partial charge on any atom is -0.309 e. The molecule has 1 aliphatic rings. The van der Waals surface area contributed by atoms with Gasteiger partial charge in [-0.3, -0.25) is 0 Å². The first-order chi connectivity index (χ1) is 24.1. The molecule has 2 heterocycles. The van der Waals surface area contributed by atoms with E-state index in [1.165, 1.54) is 27.4 Å². The van der Waals surface area contributed by atoms with Crippen LogP contribution in [0.25, 0.3) is 72.4 Å². The van der Waals surface area contributed by atoms with Crippen molar-refractivity contribution < 1.29 is 0 Å². The summed E-state index contributed by atoms with van der Waals surface area (Å²) in [7, 11) is 0. The van der Waals surface area contributed by atoms with Gasteiger partial charge in [-0.1, -0.05) is 91.9 Å². The first-order valence-corrected chi connectivity index (χ1v) is 16.6. The van der Waals surface area contributed by atoms with Crippen molar-refractivity contribution in [1.82, 2.24) is 9.13 Å². The molecule has 0 fully saturated rings. The highest BCUT2D eigenvalue weighted by Crippen LogP contribution is 2.43. The Labute approximate surface area is 284 Å². The summed E-state index contributed by atoms with van der Waals surface area (Å²) in [4.78, 5) is 0. The average molecular weight is 627 g/mol. The number of rotatable bonds is 4. The lowest BCUT2D eigenvalue weighted by Gasteiger charge is -2.20. The maximum absolute atomic E-state index is 10.5. The van der Waals surface area contributed by atoms with E-state index in [9.17, 15) is 10.5 Å². The van der Waals surface area contributed by atoms with Crippen molar-refractivity contribution in [3.8, 4) is 45.8 Å². The van der Waals surface area contributed by atoms with E-state index in [1.54, 1.807) is 0 Å². The number of nitriles is 2. The molecule has 0 amide bonds. The molecular formula is C45H30N4. The zero-order valence-corrected chi connectivity index (χ0v) is 26.9. The Morgan fingerprint density at radius 2 is 1.27 bits per heavy atom. The minimum atomic E-state index is 0.292. The van der Waals surface area contributed by atoms with E-state index in [0.29, 0.717) is 17.0 Å². The third-order valence-corrected chi connectivity index (χ3v) is 10.0. The molecule has 49 heavy (non-hydrogen) atoms. The second-order valence-electron chi connectivity index (χ2n) is 12.8. The van der Waals surface area contributed by atoms with Crippen LogP contribution in [0.15, 0.2) is 140 Å². The molecule has 230 valence electrons. The van der Waals surface area contributed by atoms with Crippen molar-refractivity contribution in [2.45, 2.75) is 19.3 Å². The van der Waals surface area contributed by atoms with Gasteiger partial charge in [0, 0.05) is 27.4 Å². The topological polar surface area (TPSA) is 57.4 Å². The summed E-state index contributed by atoms with van der Waals surface area (Å²) in [5.74, 6) is 0.292. The highest BCUT2D eigenvalue weighted by atomic mass is 15.0. The summed E-state index contributed by atoms with van der Waals surface area (Å²) >= 11 is 0. The van der Waals surface area contributed by atoms with E-state index in [4.69, 9.17) is 0 Å². The number of nitrogens with zero attached hydrogens (tertiary/aromatic N) is 4. The first-order valence-electron chi connectivity index (χ1n) is 16.6. The Hall–Kier alpha value is -6.62. The Balaban J connectivity index is 1.23. The lowest BCUT2D eigenvalue weighted by atomic mass is 9.90. The summed E-state index contributed by atoms with van der Waals surface area (Å²) in [6.45, 7) is 2.24. The Kier molecular flexibility index (Phi) is 6.57. The lowest BCUT2D eigenvalue weighted by molar-refractivity contribution is 0.773. The lowest BCUT2D eigenvalue weighted by Crippen LogP contribution is -2.06. The SMILES string of the molecule is CC1CC=Cc2c1c1cc(C#N)ccc1n2-c1c(C#N)cccc1-c1cccc(-c2cccc(-n3c4ccccc4c4ccccc43)c2)c1. The maximum Gasteiger partial charge on any atom is 0.101 e. The zero-order chi connectivity index (χ0) is 33.1. The van der Waals surface area contributed by atoms with E-state index < -0.39 is 0 Å². The molecular weight excluding hydrogens is 597 g/mol. The molecule has 1 unspecified atom stereocenters. The first kappa shape index (κ1) is 28.6. The van der Waals surface area contributed by atoms with Crippen LogP contribution in [0.1, 0.15) is 41.6 Å². The molecule has 0 saturated heterocycles. The molecule has 4 nitrogen and oxygen atoms in total. The van der Waals surface area contributed by atoms with Crippen molar-refractivity contribution in [1.29, 1.82) is 10.5 Å². The fourth-order valence-electron chi connectivity index (χ4n) is 7.83. The van der Waals surface area contributed by atoms with Crippen LogP contribution < -0.4 is 0 Å². The van der Waals surface area contributed by atoms with Gasteiger partial charge in [0.1, 0.15) is 6.07 Å². The predicted molar refractivity (Wildman–Crippen MR) is 200 cm³/mol. The van der Waals surface area contributed by atoms with Crippen molar-refractivity contribution in [2.24, 2.45) is 0 Å². The quantitative estimate of drug-likeness (QED) is 0.195. The van der Waals surface area contributed by atoms with Gasteiger partial charge < -0.3 is 9.13 Å². The maximum atomic E-state index is 10.5. The van der Waals surface area contributed by atoms with Gasteiger partial charge in [0.05, 0.1) is 45.1 Å². The van der Waals surface area contributed by atoms with Crippen molar-refractivity contribution >= 4 is 38.8 Å². The zero-order valence-electron chi connectivity index (χ0n) is 26.9. The van der Waals surface area contributed by atoms with Crippen LogP contribution in [0.2, 0.25) is 0 Å². The number of allylic oxidation sites excluding steroid dienone is 1. The van der Waals surface area contributed by atoms with Crippen molar-refractivity contribution in [3.63, 3.8) is 0 Å². The van der Waals surface area contributed by atoms with Crippen LogP contribution in [0, 0.1) is 22.7 Å². The van der Waals surface area contributed by atoms with Gasteiger partial charge in [-0.15, -0.1) is 0 Å². The van der Waals surface area contributed by atoms with E-state index >= 15 is 0 Å². The standard InChI is InChI=1S/C45H30N4/c1-29-10-6-21-43-44(29)39-24-30(27-46)22-23-42(39)49(43)45-34(28-47)14-9-18-36(45)33-13-7-11-31(25-33)32-12-8-15-35(26-32)48-40-19-4-2-16-37(40)38-17-3-5-20-41(38)48/h2-9,11-26,29H,10H2,1H3. The van der Waals surface area contributed by atoms with Crippen LogP contribution in [0.3, 0.4) is 0 Å². The molecule has 0 N–H and O–H groups in total. The molecule has 4 heteroatoms. The molecule has 0 aliphatic heterocycles. The number of hydrogen-bond acceptors (Lipinski definition) is 2. The van der Waals surface area contributed by atoms with Gasteiger partial charge in [0.15, 0.2) is 0 Å². The fraction of sp³-hybridized carbons (Fsp3) is 0.0667. The normalized spacial score (nSPS) is 13.8. The summed E-state index contributed by atoms with van der Waals surface area (Å²) in [5.41, 5.74) is 13.1. The number of fused-ring (bicyclic) bond motifs is 6. The van der Waals surface area contributed by atoms with Gasteiger partial charge in [0.25, 0.3) is 0 Å². The Morgan fingerprint density at radius 1 is 0.592 bits per heavy atom. The van der Waals surface area contributed by atoms with Gasteiger partial charge in [0.2, 0.25) is 0 Å². The third kappa shape index (κ3) is 4.43. The molecule has 2 aromatic heterocycles. The highest BCUT2D eigenvalue weighted by Gasteiger charge is 2.26. The van der Waals surface area contributed by atoms with E-state index in [0.717, 1.165) is 56.6 Å². The third-order valence-electron chi connectivity index (χ3n) is 10.0. The molecule has 9 rings (SSSR count). The minimum absolute atomic E-state index is 0.292. The van der Waals surface area contributed by atoms with Crippen LogP contribution >= 0.6 is 0 Å². The largest absolute Gasteiger partial charge is 0.309 e. The predicted octanol–water partition coefficient (Wildman–Crippen LogP) is 11.3. The van der Waals surface area contributed by atoms with Gasteiger partial charge in [-0.2, -0.15) is 10.5 Å². The van der Waals surface area contributed by atoms with Gasteiger partial charge >= 0.3 is 0 Å². The Bertz CT molecular complexity index is 2690. The van der Waals surface area contributed by atoms with E-state index in [2.05, 4.69) is 143 Å². The number of hydrogen-bond donors (Lipinski definition) is 0. The molecule has 0 spiro atoms. The average Bonchev–Trinajstić information content (AvgIpc) is 3.67. The van der Waals surface area contributed by atoms with E-state index in [-0.39, 0.29) is 0 Å². The van der Waals surface area contributed by atoms with Crippen LogP contribution in [-0.4, -0.2) is 9.13 Å². The number of benzene rings is 6. The second-order valence-corrected chi connectivity index (χ2v) is 12.8. The van der Waals surface area contributed by atoms with E-state index in [1.807, 2.05) is 30.3 Å². The molecule has 1 atom stereocenters. The summed E-state index contributed by atoms with van der Waals surface area (Å²) in [6.07, 6.45) is 5.33. The van der Waals surface area contributed by atoms with Gasteiger partial charge in [-0.05, 0) is 95.3 Å². The summed E-state index contributed by atoms with van der Waals surface area (Å²) < 4.78 is 4.58. The van der Waals surface area contributed by atoms with Crippen LogP contribution in [0.4, 0.5) is 0 Å². The smallest absolute Gasteiger partial charge is 0.101 e. The van der Waals surface area contributed by atoms with Crippen LogP contribution in [0.5, 0.6) is 0 Å². The fourth-order valence-corrected chi connectivity index (χ4v) is 7.83. The molecule has 8 aromatic rings. The molecule has 1 aliphatic carbocycles. The second kappa shape index (κ2) is 11.3. The van der Waals surface area contributed by atoms with Crippen molar-refractivity contribution in [3.05, 3.63) is 162 Å². The summed E-state index contributed by atoms with van der Waals surface area (Å²) in [6, 6.07) is 51.2. The Morgan fingerprint density at radius 3 is 2.02 bits per heavy atom. The molecule has 0 saturated carbocycles. The monoisotopic (exact) mass is 626 g/mol. The van der Waals surface area contributed by atoms with Crippen molar-refractivity contribution in [2.75, 3.05) is 0 Å². The molecule has 6 aromatic carbocycles. The summed E-state index contributed by atoms with van der Waals surface area (Å²) in [5, 5.41) is 23.8.